The molecule has 1 aromatic carbocycles. The summed E-state index contributed by atoms with van der Waals surface area (Å²) in [5.41, 5.74) is 1.05. The summed E-state index contributed by atoms with van der Waals surface area (Å²) >= 11 is 0. The summed E-state index contributed by atoms with van der Waals surface area (Å²) in [6.07, 6.45) is 0. The van der Waals surface area contributed by atoms with Gasteiger partial charge in [0.2, 0.25) is 16.0 Å². The molecular formula is C15H15N5O6S. The monoisotopic (exact) mass is 393 g/mol. The molecule has 2 amide bonds. The molecule has 1 aliphatic heterocycles. The number of aromatic nitrogens is 3. The van der Waals surface area contributed by atoms with E-state index in [0.717, 1.165) is 0 Å². The molecule has 2 N–H and O–H groups in total. The second-order valence-corrected chi connectivity index (χ2v) is 7.26. The van der Waals surface area contributed by atoms with Crippen LogP contribution in [0.2, 0.25) is 0 Å². The Hall–Kier alpha value is -3.28. The van der Waals surface area contributed by atoms with Gasteiger partial charge in [-0.05, 0) is 12.5 Å². The molecule has 0 spiro atoms. The van der Waals surface area contributed by atoms with Gasteiger partial charge >= 0.3 is 18.0 Å². The smallest absolute Gasteiger partial charge is 0.339 e. The van der Waals surface area contributed by atoms with E-state index in [0.29, 0.717) is 5.56 Å². The molecule has 0 radical (unpaired) electrons. The number of benzene rings is 1. The van der Waals surface area contributed by atoms with Gasteiger partial charge in [0.1, 0.15) is 12.4 Å². The van der Waals surface area contributed by atoms with Gasteiger partial charge in [-0.2, -0.15) is 15.0 Å². The number of amides is 2. The highest BCUT2D eigenvalue weighted by Crippen LogP contribution is 2.24. The van der Waals surface area contributed by atoms with Gasteiger partial charge in [0.25, 0.3) is 0 Å². The van der Waals surface area contributed by atoms with Crippen molar-refractivity contribution < 1.29 is 27.5 Å². The summed E-state index contributed by atoms with van der Waals surface area (Å²) < 4.78 is 36.2. The summed E-state index contributed by atoms with van der Waals surface area (Å²) in [4.78, 5) is 35.3. The van der Waals surface area contributed by atoms with Crippen molar-refractivity contribution in [2.75, 3.05) is 12.4 Å². The van der Waals surface area contributed by atoms with Crippen molar-refractivity contribution in [1.29, 1.82) is 0 Å². The van der Waals surface area contributed by atoms with E-state index >= 15 is 0 Å². The van der Waals surface area contributed by atoms with Crippen molar-refractivity contribution in [3.8, 4) is 6.01 Å². The molecule has 1 aliphatic rings. The van der Waals surface area contributed by atoms with Crippen molar-refractivity contribution in [3.63, 3.8) is 0 Å². The number of nitrogens with zero attached hydrogens (tertiary/aromatic N) is 3. The van der Waals surface area contributed by atoms with Crippen LogP contribution in [-0.4, -0.2) is 42.5 Å². The summed E-state index contributed by atoms with van der Waals surface area (Å²) in [5.74, 6) is -1.05. The van der Waals surface area contributed by atoms with Crippen molar-refractivity contribution >= 4 is 28.0 Å². The number of methoxy groups -OCH3 is 1. The number of carbonyl (C=O) groups is 2. The third-order valence-corrected chi connectivity index (χ3v) is 4.72. The molecule has 1 aromatic heterocycles. The van der Waals surface area contributed by atoms with Crippen molar-refractivity contribution in [2.24, 2.45) is 0 Å². The van der Waals surface area contributed by atoms with Crippen LogP contribution in [-0.2, 0) is 27.1 Å². The van der Waals surface area contributed by atoms with Crippen LogP contribution in [0.3, 0.4) is 0 Å². The fourth-order valence-corrected chi connectivity index (χ4v) is 3.54. The summed E-state index contributed by atoms with van der Waals surface area (Å²) in [6.45, 7) is 1.65. The Labute approximate surface area is 154 Å². The van der Waals surface area contributed by atoms with Crippen LogP contribution < -0.4 is 14.8 Å². The van der Waals surface area contributed by atoms with Crippen LogP contribution in [0.1, 0.15) is 27.3 Å². The third-order valence-electron chi connectivity index (χ3n) is 3.53. The van der Waals surface area contributed by atoms with Crippen LogP contribution in [0.15, 0.2) is 18.2 Å². The first-order valence-corrected chi connectivity index (χ1v) is 9.28. The van der Waals surface area contributed by atoms with Gasteiger partial charge < -0.3 is 9.47 Å². The number of esters is 1. The number of rotatable bonds is 5. The minimum atomic E-state index is -4.10. The lowest BCUT2D eigenvalue weighted by Crippen LogP contribution is -2.36. The fraction of sp³-hybridized carbons (Fsp3) is 0.267. The zero-order valence-electron chi connectivity index (χ0n) is 14.3. The van der Waals surface area contributed by atoms with E-state index in [4.69, 9.17) is 9.47 Å². The maximum Gasteiger partial charge on any atom is 0.339 e. The number of hydrogen-bond donors (Lipinski definition) is 2. The van der Waals surface area contributed by atoms with Gasteiger partial charge in [-0.25, -0.2) is 22.7 Å². The fourth-order valence-electron chi connectivity index (χ4n) is 2.49. The topological polar surface area (TPSA) is 149 Å². The number of cyclic esters (lactones) is 1. The van der Waals surface area contributed by atoms with Gasteiger partial charge in [0.15, 0.2) is 0 Å². The Morgan fingerprint density at radius 2 is 2.07 bits per heavy atom. The molecule has 27 heavy (non-hydrogen) atoms. The number of hydrogen-bond acceptors (Lipinski definition) is 9. The average molecular weight is 393 g/mol. The maximum atomic E-state index is 12.3. The number of carbonyl (C=O) groups excluding carboxylic acids is 2. The molecule has 2 aromatic rings. The lowest BCUT2D eigenvalue weighted by atomic mass is 10.0. The Kier molecular flexibility index (Phi) is 4.90. The van der Waals surface area contributed by atoms with Crippen LogP contribution in [0.5, 0.6) is 6.01 Å². The molecule has 0 saturated carbocycles. The first kappa shape index (κ1) is 18.5. The molecule has 0 atom stereocenters. The lowest BCUT2D eigenvalue weighted by molar-refractivity contribution is 0.0534. The summed E-state index contributed by atoms with van der Waals surface area (Å²) in [5, 5.41) is 2.20. The number of nitrogens with one attached hydrogen (secondary N) is 2. The van der Waals surface area contributed by atoms with Gasteiger partial charge in [-0.1, -0.05) is 18.2 Å². The number of sulfonamides is 1. The maximum absolute atomic E-state index is 12.3. The minimum absolute atomic E-state index is 0.0287. The summed E-state index contributed by atoms with van der Waals surface area (Å²) in [7, 11) is -2.76. The molecule has 3 rings (SSSR count). The molecular weight excluding hydrogens is 378 g/mol. The highest BCUT2D eigenvalue weighted by atomic mass is 32.2. The Balaban J connectivity index is 1.72. The van der Waals surface area contributed by atoms with Crippen LogP contribution >= 0.6 is 0 Å². The second-order valence-electron chi connectivity index (χ2n) is 5.54. The van der Waals surface area contributed by atoms with Crippen LogP contribution in [0.4, 0.5) is 10.7 Å². The second kappa shape index (κ2) is 7.15. The lowest BCUT2D eigenvalue weighted by Gasteiger charge is -2.10. The third kappa shape index (κ3) is 4.28. The Morgan fingerprint density at radius 1 is 1.30 bits per heavy atom. The zero-order valence-corrected chi connectivity index (χ0v) is 15.2. The van der Waals surface area contributed by atoms with E-state index in [1.165, 1.54) is 13.2 Å². The zero-order chi connectivity index (χ0) is 19.6. The number of anilines is 1. The molecule has 0 unspecified atom stereocenters. The molecule has 2 heterocycles. The predicted molar refractivity (Wildman–Crippen MR) is 91.5 cm³/mol. The SMILES string of the molecule is COc1nc(C)nc(NC(=O)NS(=O)(=O)Cc2cccc3c2C(=O)OC3)n1. The Morgan fingerprint density at radius 3 is 2.81 bits per heavy atom. The highest BCUT2D eigenvalue weighted by Gasteiger charge is 2.27. The summed E-state index contributed by atoms with van der Waals surface area (Å²) in [6, 6.07) is 3.69. The first-order chi connectivity index (χ1) is 12.8. The highest BCUT2D eigenvalue weighted by molar-refractivity contribution is 7.89. The molecule has 12 heteroatoms. The number of aryl methyl sites for hydroxylation is 1. The molecule has 0 aliphatic carbocycles. The Bertz CT molecular complexity index is 1020. The average Bonchev–Trinajstić information content (AvgIpc) is 2.95. The van der Waals surface area contributed by atoms with E-state index < -0.39 is 27.8 Å². The molecule has 142 valence electrons. The molecule has 0 saturated heterocycles. The van der Waals surface area contributed by atoms with Gasteiger partial charge in [0, 0.05) is 5.56 Å². The quantitative estimate of drug-likeness (QED) is 0.693. The van der Waals surface area contributed by atoms with Crippen LogP contribution in [0.25, 0.3) is 0 Å². The van der Waals surface area contributed by atoms with E-state index in [9.17, 15) is 18.0 Å². The van der Waals surface area contributed by atoms with Gasteiger partial charge in [-0.15, -0.1) is 0 Å². The predicted octanol–water partition coefficient (Wildman–Crippen LogP) is 0.511. The van der Waals surface area contributed by atoms with Gasteiger partial charge in [-0.3, -0.25) is 5.32 Å². The van der Waals surface area contributed by atoms with E-state index in [2.05, 4.69) is 20.3 Å². The number of urea groups is 1. The van der Waals surface area contributed by atoms with Crippen LogP contribution in [0, 0.1) is 6.92 Å². The standard InChI is InChI=1S/C15H15N5O6S/c1-8-16-13(19-15(17-8)25-2)18-14(22)20-27(23,24)7-10-5-3-4-9-6-26-12(21)11(9)10/h3-5H,6-7H2,1-2H3,(H2,16,17,18,19,20,22). The first-order valence-electron chi connectivity index (χ1n) is 7.63. The molecule has 0 bridgehead atoms. The number of ether oxygens (including phenoxy) is 2. The van der Waals surface area contributed by atoms with E-state index in [-0.39, 0.29) is 35.5 Å². The normalized spacial score (nSPS) is 12.9. The largest absolute Gasteiger partial charge is 0.467 e. The van der Waals surface area contributed by atoms with Crippen molar-refractivity contribution in [2.45, 2.75) is 19.3 Å². The van der Waals surface area contributed by atoms with E-state index in [1.807, 2.05) is 4.72 Å². The number of fused-ring (bicyclic) bond motifs is 1. The van der Waals surface area contributed by atoms with E-state index in [1.54, 1.807) is 19.1 Å². The van der Waals surface area contributed by atoms with Crippen molar-refractivity contribution in [3.05, 3.63) is 40.7 Å². The minimum Gasteiger partial charge on any atom is -0.467 e. The van der Waals surface area contributed by atoms with Crippen molar-refractivity contribution in [1.82, 2.24) is 19.7 Å². The molecule has 0 fully saturated rings. The molecule has 11 nitrogen and oxygen atoms in total. The van der Waals surface area contributed by atoms with Gasteiger partial charge in [0.05, 0.1) is 18.4 Å².